The second-order valence-corrected chi connectivity index (χ2v) is 3.83. The van der Waals surface area contributed by atoms with E-state index in [0.29, 0.717) is 4.64 Å². The summed E-state index contributed by atoms with van der Waals surface area (Å²) in [6.45, 7) is 0. The van der Waals surface area contributed by atoms with Gasteiger partial charge in [0, 0.05) is 16.0 Å². The highest BCUT2D eigenvalue weighted by Gasteiger charge is 2.07. The molecule has 0 aliphatic rings. The molecule has 3 heteroatoms. The molecular weight excluding hydrogens is 206 g/mol. The molecule has 0 amide bonds. The summed E-state index contributed by atoms with van der Waals surface area (Å²) in [7, 11) is 0. The van der Waals surface area contributed by atoms with Gasteiger partial charge in [-0.3, -0.25) is 0 Å². The largest absolute Gasteiger partial charge is 0.515 e. The lowest BCUT2D eigenvalue weighted by atomic mass is 10.1. The van der Waals surface area contributed by atoms with Crippen molar-refractivity contribution < 1.29 is 5.11 Å². The van der Waals surface area contributed by atoms with Crippen LogP contribution in [0.1, 0.15) is 0 Å². The predicted molar refractivity (Wildman–Crippen MR) is 63.6 cm³/mol. The Morgan fingerprint density at radius 2 is 1.93 bits per heavy atom. The summed E-state index contributed by atoms with van der Waals surface area (Å²) in [5, 5.41) is 12.9. The molecule has 2 aromatic carbocycles. The van der Waals surface area contributed by atoms with E-state index in [2.05, 4.69) is 4.98 Å². The minimum atomic E-state index is 0.630. The molecule has 0 saturated carbocycles. The molecule has 3 rings (SSSR count). The smallest absolute Gasteiger partial charge is 0.134 e. The molecule has 0 atom stereocenters. The fraction of sp³-hybridized carbons (Fsp3) is 0. The van der Waals surface area contributed by atoms with E-state index in [1.54, 1.807) is 0 Å². The summed E-state index contributed by atoms with van der Waals surface area (Å²) >= 11 is 5.18. The molecular formula is C12H7NOS. The lowest BCUT2D eigenvalue weighted by Gasteiger charge is -1.97. The van der Waals surface area contributed by atoms with Crippen LogP contribution < -0.4 is 5.22 Å². The van der Waals surface area contributed by atoms with Crippen molar-refractivity contribution in [3.05, 3.63) is 40.2 Å². The number of rotatable bonds is 0. The predicted octanol–water partition coefficient (Wildman–Crippen LogP) is 2.57. The zero-order valence-corrected chi connectivity index (χ0v) is 8.58. The standard InChI is InChI=1S/C12H7NOS/c14-6-7-4-5-10-11-8(7)2-1-3-9(11)12(15)13-10/h1-6,14H/b7-6+. The number of aromatic nitrogens is 1. The Balaban J connectivity index is 2.80. The van der Waals surface area contributed by atoms with Gasteiger partial charge in [-0.25, -0.2) is 4.98 Å². The van der Waals surface area contributed by atoms with Crippen LogP contribution in [0.15, 0.2) is 30.3 Å². The van der Waals surface area contributed by atoms with Gasteiger partial charge in [0.05, 0.1) is 11.8 Å². The van der Waals surface area contributed by atoms with Gasteiger partial charge < -0.3 is 5.11 Å². The van der Waals surface area contributed by atoms with E-state index in [0.717, 1.165) is 33.2 Å². The van der Waals surface area contributed by atoms with E-state index in [1.165, 1.54) is 0 Å². The molecule has 0 radical (unpaired) electrons. The molecule has 1 heterocycles. The molecule has 3 aromatic rings. The second kappa shape index (κ2) is 2.87. The van der Waals surface area contributed by atoms with Gasteiger partial charge >= 0.3 is 0 Å². The van der Waals surface area contributed by atoms with Crippen LogP contribution in [0.2, 0.25) is 0 Å². The van der Waals surface area contributed by atoms with Crippen molar-refractivity contribution in [1.29, 1.82) is 0 Å². The van der Waals surface area contributed by atoms with Crippen LogP contribution in [0.3, 0.4) is 0 Å². The summed E-state index contributed by atoms with van der Waals surface area (Å²) in [6, 6.07) is 9.59. The van der Waals surface area contributed by atoms with Crippen LogP contribution in [0.25, 0.3) is 27.9 Å². The maximum Gasteiger partial charge on any atom is 0.134 e. The number of hydrogen-bond acceptors (Lipinski definition) is 3. The first-order valence-corrected chi connectivity index (χ1v) is 5.01. The van der Waals surface area contributed by atoms with E-state index < -0.39 is 0 Å². The van der Waals surface area contributed by atoms with Crippen molar-refractivity contribution in [3.8, 4) is 0 Å². The Morgan fingerprint density at radius 1 is 1.13 bits per heavy atom. The van der Waals surface area contributed by atoms with E-state index in [4.69, 9.17) is 17.3 Å². The fourth-order valence-corrected chi connectivity index (χ4v) is 2.23. The molecule has 0 unspecified atom stereocenters. The third-order valence-corrected chi connectivity index (χ3v) is 2.96. The molecule has 0 aliphatic heterocycles. The topological polar surface area (TPSA) is 33.1 Å². The number of aliphatic hydroxyl groups excluding tert-OH is 1. The first-order valence-electron chi connectivity index (χ1n) is 4.60. The Hall–Kier alpha value is -1.74. The zero-order valence-electron chi connectivity index (χ0n) is 7.77. The van der Waals surface area contributed by atoms with E-state index >= 15 is 0 Å². The minimum absolute atomic E-state index is 0.630. The molecule has 1 N–H and O–H groups in total. The van der Waals surface area contributed by atoms with Crippen LogP contribution in [0, 0.1) is 4.64 Å². The Kier molecular flexibility index (Phi) is 1.64. The van der Waals surface area contributed by atoms with Gasteiger partial charge in [0.15, 0.2) is 0 Å². The maximum atomic E-state index is 9.12. The third-order valence-electron chi connectivity index (χ3n) is 2.64. The molecule has 0 saturated heterocycles. The highest BCUT2D eigenvalue weighted by Crippen LogP contribution is 2.24. The molecule has 2 nitrogen and oxygen atoms in total. The molecule has 72 valence electrons. The first kappa shape index (κ1) is 8.56. The number of aliphatic hydroxyl groups is 1. The zero-order chi connectivity index (χ0) is 10.4. The molecule has 1 aromatic heterocycles. The van der Waals surface area contributed by atoms with Gasteiger partial charge in [0.1, 0.15) is 4.64 Å². The van der Waals surface area contributed by atoms with Crippen LogP contribution in [-0.4, -0.2) is 10.1 Å². The monoisotopic (exact) mass is 213 g/mol. The maximum absolute atomic E-state index is 9.12. The van der Waals surface area contributed by atoms with E-state index in [1.807, 2.05) is 30.3 Å². The van der Waals surface area contributed by atoms with Crippen LogP contribution in [-0.2, 0) is 0 Å². The summed E-state index contributed by atoms with van der Waals surface area (Å²) < 4.78 is 0.630. The lowest BCUT2D eigenvalue weighted by Crippen LogP contribution is -2.00. The summed E-state index contributed by atoms with van der Waals surface area (Å²) in [6.07, 6.45) is 1.12. The van der Waals surface area contributed by atoms with Crippen LogP contribution in [0.4, 0.5) is 0 Å². The highest BCUT2D eigenvalue weighted by atomic mass is 32.1. The third kappa shape index (κ3) is 1.04. The van der Waals surface area contributed by atoms with Gasteiger partial charge in [0.25, 0.3) is 0 Å². The van der Waals surface area contributed by atoms with Gasteiger partial charge in [-0.1, -0.05) is 30.4 Å². The first-order chi connectivity index (χ1) is 7.31. The van der Waals surface area contributed by atoms with Gasteiger partial charge in [0.2, 0.25) is 0 Å². The van der Waals surface area contributed by atoms with Crippen LogP contribution in [0.5, 0.6) is 0 Å². The van der Waals surface area contributed by atoms with Gasteiger partial charge in [-0.15, -0.1) is 0 Å². The summed E-state index contributed by atoms with van der Waals surface area (Å²) in [4.78, 5) is 4.31. The Bertz CT molecular complexity index is 751. The minimum Gasteiger partial charge on any atom is -0.515 e. The van der Waals surface area contributed by atoms with Crippen molar-refractivity contribution in [2.24, 2.45) is 0 Å². The number of nitrogens with zero attached hydrogens (tertiary/aromatic N) is 1. The fourth-order valence-electron chi connectivity index (χ4n) is 1.96. The SMILES string of the molecule is O/C=c1\ccc2nc(=S)c3cccc1c23. The lowest BCUT2D eigenvalue weighted by molar-refractivity contribution is 0.541. The number of benzene rings is 2. The van der Waals surface area contributed by atoms with E-state index in [9.17, 15) is 0 Å². The quantitative estimate of drug-likeness (QED) is 0.583. The van der Waals surface area contributed by atoms with Crippen LogP contribution >= 0.6 is 12.2 Å². The van der Waals surface area contributed by atoms with Crippen molar-refractivity contribution in [3.63, 3.8) is 0 Å². The summed E-state index contributed by atoms with van der Waals surface area (Å²) in [5.41, 5.74) is 0.899. The van der Waals surface area contributed by atoms with Crippen molar-refractivity contribution in [2.75, 3.05) is 0 Å². The summed E-state index contributed by atoms with van der Waals surface area (Å²) in [5.74, 6) is 0. The van der Waals surface area contributed by atoms with Crippen molar-refractivity contribution in [2.45, 2.75) is 0 Å². The molecule has 0 spiro atoms. The molecule has 0 bridgehead atoms. The highest BCUT2D eigenvalue weighted by molar-refractivity contribution is 7.71. The average Bonchev–Trinajstić information content (AvgIpc) is 2.59. The van der Waals surface area contributed by atoms with Crippen molar-refractivity contribution >= 4 is 40.2 Å². The molecule has 0 aliphatic carbocycles. The van der Waals surface area contributed by atoms with Gasteiger partial charge in [-0.2, -0.15) is 0 Å². The van der Waals surface area contributed by atoms with Gasteiger partial charge in [-0.05, 0) is 17.5 Å². The number of hydrogen-bond donors (Lipinski definition) is 1. The Morgan fingerprint density at radius 3 is 2.73 bits per heavy atom. The second-order valence-electron chi connectivity index (χ2n) is 3.45. The van der Waals surface area contributed by atoms with E-state index in [-0.39, 0.29) is 0 Å². The average molecular weight is 213 g/mol. The Labute approximate surface area is 90.8 Å². The molecule has 0 fully saturated rings. The normalized spacial score (nSPS) is 12.9. The molecule has 15 heavy (non-hydrogen) atoms. The van der Waals surface area contributed by atoms with Crippen molar-refractivity contribution in [1.82, 2.24) is 4.98 Å².